The van der Waals surface area contributed by atoms with E-state index in [0.29, 0.717) is 0 Å². The van der Waals surface area contributed by atoms with Crippen molar-refractivity contribution in [2.45, 2.75) is 0 Å². The third kappa shape index (κ3) is 1.48. The SMILES string of the molecule is O=C1C=CC(I)=CC1=O. The first-order valence-electron chi connectivity index (χ1n) is 2.34. The summed E-state index contributed by atoms with van der Waals surface area (Å²) in [7, 11) is 0. The van der Waals surface area contributed by atoms with Crippen molar-refractivity contribution < 1.29 is 9.59 Å². The summed E-state index contributed by atoms with van der Waals surface area (Å²) in [4.78, 5) is 21.0. The minimum atomic E-state index is -0.435. The number of halogens is 1. The van der Waals surface area contributed by atoms with Gasteiger partial charge in [0.2, 0.25) is 11.6 Å². The summed E-state index contributed by atoms with van der Waals surface area (Å²) in [6.07, 6.45) is 4.22. The first-order chi connectivity index (χ1) is 4.20. The molecule has 9 heavy (non-hydrogen) atoms. The average molecular weight is 234 g/mol. The van der Waals surface area contributed by atoms with Crippen LogP contribution in [-0.2, 0) is 9.59 Å². The van der Waals surface area contributed by atoms with E-state index in [9.17, 15) is 9.59 Å². The Morgan fingerprint density at radius 1 is 1.11 bits per heavy atom. The third-order valence-electron chi connectivity index (χ3n) is 0.906. The van der Waals surface area contributed by atoms with Crippen LogP contribution in [0.1, 0.15) is 0 Å². The van der Waals surface area contributed by atoms with Gasteiger partial charge in [-0.1, -0.05) is 0 Å². The number of carbonyl (C=O) groups is 2. The molecule has 0 bridgehead atoms. The number of hydrogen-bond acceptors (Lipinski definition) is 2. The van der Waals surface area contributed by atoms with E-state index in [1.54, 1.807) is 6.08 Å². The van der Waals surface area contributed by atoms with Crippen molar-refractivity contribution >= 4 is 34.2 Å². The highest BCUT2D eigenvalue weighted by Gasteiger charge is 2.10. The molecule has 0 spiro atoms. The summed E-state index contributed by atoms with van der Waals surface area (Å²) in [5, 5.41) is 0. The molecule has 1 aliphatic carbocycles. The van der Waals surface area contributed by atoms with E-state index in [-0.39, 0.29) is 0 Å². The molecule has 2 nitrogen and oxygen atoms in total. The van der Waals surface area contributed by atoms with Crippen LogP contribution < -0.4 is 0 Å². The third-order valence-corrected chi connectivity index (χ3v) is 1.58. The lowest BCUT2D eigenvalue weighted by Crippen LogP contribution is -2.09. The fraction of sp³-hybridized carbons (Fsp3) is 0. The maximum absolute atomic E-state index is 10.5. The predicted molar refractivity (Wildman–Crippen MR) is 41.3 cm³/mol. The first kappa shape index (κ1) is 6.67. The summed E-state index contributed by atoms with van der Waals surface area (Å²) in [5.74, 6) is -0.864. The molecule has 0 amide bonds. The van der Waals surface area contributed by atoms with Gasteiger partial charge in [0.1, 0.15) is 0 Å². The van der Waals surface area contributed by atoms with Crippen molar-refractivity contribution in [2.24, 2.45) is 0 Å². The lowest BCUT2D eigenvalue weighted by atomic mass is 10.1. The zero-order valence-corrected chi connectivity index (χ0v) is 6.58. The van der Waals surface area contributed by atoms with E-state index in [0.717, 1.165) is 3.58 Å². The summed E-state index contributed by atoms with van der Waals surface area (Å²) in [6, 6.07) is 0. The van der Waals surface area contributed by atoms with Crippen LogP contribution in [0.5, 0.6) is 0 Å². The van der Waals surface area contributed by atoms with Crippen molar-refractivity contribution in [3.63, 3.8) is 0 Å². The fourth-order valence-electron chi connectivity index (χ4n) is 0.482. The Kier molecular flexibility index (Phi) is 1.80. The molecular weight excluding hydrogens is 231 g/mol. The van der Waals surface area contributed by atoms with Crippen LogP contribution >= 0.6 is 22.6 Å². The van der Waals surface area contributed by atoms with Crippen LogP contribution in [-0.4, -0.2) is 11.6 Å². The molecule has 0 saturated heterocycles. The molecule has 0 N–H and O–H groups in total. The fourth-order valence-corrected chi connectivity index (χ4v) is 0.945. The predicted octanol–water partition coefficient (Wildman–Crippen LogP) is 1.01. The van der Waals surface area contributed by atoms with Crippen LogP contribution in [0.2, 0.25) is 0 Å². The first-order valence-corrected chi connectivity index (χ1v) is 3.41. The Hall–Kier alpha value is -0.450. The quantitative estimate of drug-likeness (QED) is 0.356. The highest BCUT2D eigenvalue weighted by atomic mass is 127. The number of hydrogen-bond donors (Lipinski definition) is 0. The lowest BCUT2D eigenvalue weighted by Gasteiger charge is -1.94. The van der Waals surface area contributed by atoms with Crippen LogP contribution in [0, 0.1) is 0 Å². The lowest BCUT2D eigenvalue weighted by molar-refractivity contribution is -0.131. The van der Waals surface area contributed by atoms with E-state index in [4.69, 9.17) is 0 Å². The minimum Gasteiger partial charge on any atom is -0.286 e. The van der Waals surface area contributed by atoms with E-state index >= 15 is 0 Å². The smallest absolute Gasteiger partial charge is 0.226 e. The van der Waals surface area contributed by atoms with Gasteiger partial charge in [-0.25, -0.2) is 0 Å². The monoisotopic (exact) mass is 234 g/mol. The average Bonchev–Trinajstić information content (AvgIpc) is 1.80. The molecule has 0 unspecified atom stereocenters. The van der Waals surface area contributed by atoms with Gasteiger partial charge in [0.15, 0.2) is 0 Å². The number of carbonyl (C=O) groups excluding carboxylic acids is 2. The van der Waals surface area contributed by atoms with Gasteiger partial charge in [0.05, 0.1) is 0 Å². The van der Waals surface area contributed by atoms with Crippen molar-refractivity contribution in [3.8, 4) is 0 Å². The summed E-state index contributed by atoms with van der Waals surface area (Å²) < 4.78 is 0.803. The van der Waals surface area contributed by atoms with Gasteiger partial charge in [0.25, 0.3) is 0 Å². The number of rotatable bonds is 0. The van der Waals surface area contributed by atoms with Crippen LogP contribution in [0.3, 0.4) is 0 Å². The molecule has 1 aliphatic rings. The van der Waals surface area contributed by atoms with Crippen LogP contribution in [0.4, 0.5) is 0 Å². The molecule has 0 aliphatic heterocycles. The van der Waals surface area contributed by atoms with Gasteiger partial charge in [-0.15, -0.1) is 0 Å². The number of ketones is 2. The van der Waals surface area contributed by atoms with Crippen molar-refractivity contribution in [2.75, 3.05) is 0 Å². The van der Waals surface area contributed by atoms with Gasteiger partial charge >= 0.3 is 0 Å². The Labute approximate surface area is 65.8 Å². The standard InChI is InChI=1S/C6H3IO2/c7-4-1-2-5(8)6(9)3-4/h1-3H. The van der Waals surface area contributed by atoms with Crippen molar-refractivity contribution in [3.05, 3.63) is 21.8 Å². The molecule has 0 heterocycles. The minimum absolute atomic E-state index is 0.429. The molecule has 0 aromatic heterocycles. The van der Waals surface area contributed by atoms with E-state index in [1.807, 2.05) is 22.6 Å². The zero-order valence-electron chi connectivity index (χ0n) is 4.43. The van der Waals surface area contributed by atoms with E-state index < -0.39 is 11.6 Å². The maximum atomic E-state index is 10.5. The van der Waals surface area contributed by atoms with Gasteiger partial charge in [-0.05, 0) is 34.7 Å². The van der Waals surface area contributed by atoms with E-state index in [2.05, 4.69) is 0 Å². The molecule has 0 atom stereocenters. The molecule has 0 aromatic carbocycles. The molecule has 3 heteroatoms. The van der Waals surface area contributed by atoms with Crippen LogP contribution in [0.15, 0.2) is 21.8 Å². The van der Waals surface area contributed by atoms with Gasteiger partial charge in [-0.3, -0.25) is 9.59 Å². The Balaban J connectivity index is 2.95. The second kappa shape index (κ2) is 2.43. The van der Waals surface area contributed by atoms with Gasteiger partial charge in [-0.2, -0.15) is 0 Å². The number of allylic oxidation sites excluding steroid dienone is 4. The second-order valence-electron chi connectivity index (χ2n) is 1.59. The Morgan fingerprint density at radius 2 is 1.78 bits per heavy atom. The Morgan fingerprint density at radius 3 is 2.22 bits per heavy atom. The summed E-state index contributed by atoms with van der Waals surface area (Å²) >= 11 is 1.98. The normalized spacial score (nSPS) is 18.1. The topological polar surface area (TPSA) is 34.1 Å². The zero-order chi connectivity index (χ0) is 6.85. The van der Waals surface area contributed by atoms with E-state index in [1.165, 1.54) is 12.2 Å². The molecule has 0 aromatic rings. The second-order valence-corrected chi connectivity index (χ2v) is 2.84. The van der Waals surface area contributed by atoms with Crippen molar-refractivity contribution in [1.82, 2.24) is 0 Å². The summed E-state index contributed by atoms with van der Waals surface area (Å²) in [5.41, 5.74) is 0. The van der Waals surface area contributed by atoms with Crippen molar-refractivity contribution in [1.29, 1.82) is 0 Å². The van der Waals surface area contributed by atoms with Crippen LogP contribution in [0.25, 0.3) is 0 Å². The molecule has 1 rings (SSSR count). The van der Waals surface area contributed by atoms with Gasteiger partial charge < -0.3 is 0 Å². The highest BCUT2D eigenvalue weighted by molar-refractivity contribution is 14.1. The Bertz CT molecular complexity index is 225. The molecule has 0 radical (unpaired) electrons. The maximum Gasteiger partial charge on any atom is 0.226 e. The molecule has 0 fully saturated rings. The molecule has 0 saturated carbocycles. The highest BCUT2D eigenvalue weighted by Crippen LogP contribution is 2.11. The summed E-state index contributed by atoms with van der Waals surface area (Å²) in [6.45, 7) is 0. The molecule has 46 valence electrons. The van der Waals surface area contributed by atoms with Gasteiger partial charge in [0, 0.05) is 9.66 Å². The molecular formula is C6H3IO2. The largest absolute Gasteiger partial charge is 0.286 e.